The molecule has 0 amide bonds. The van der Waals surface area contributed by atoms with E-state index in [2.05, 4.69) is 29.2 Å². The van der Waals surface area contributed by atoms with Crippen molar-refractivity contribution in [3.05, 3.63) is 149 Å². The van der Waals surface area contributed by atoms with Crippen molar-refractivity contribution in [3.8, 4) is 78.8 Å². The van der Waals surface area contributed by atoms with Crippen molar-refractivity contribution < 1.29 is 9.47 Å². The van der Waals surface area contributed by atoms with Gasteiger partial charge < -0.3 is 14.5 Å². The fourth-order valence-corrected chi connectivity index (χ4v) is 6.71. The molecule has 7 heteroatoms. The van der Waals surface area contributed by atoms with E-state index < -0.39 is 0 Å². The molecule has 1 heterocycles. The fraction of sp³-hybridized carbons (Fsp3) is 0.0488. The van der Waals surface area contributed by atoms with Gasteiger partial charge in [-0.15, -0.1) is 0 Å². The average molecular weight is 688 g/mol. The predicted molar refractivity (Wildman–Crippen MR) is 199 cm³/mol. The molecule has 0 aliphatic heterocycles. The summed E-state index contributed by atoms with van der Waals surface area (Å²) in [6, 6.07) is 43.7. The number of nitrogens with zero attached hydrogens (tertiary/aromatic N) is 1. The van der Waals surface area contributed by atoms with E-state index in [0.717, 1.165) is 61.5 Å². The first kappa shape index (κ1) is 31.6. The van der Waals surface area contributed by atoms with Crippen LogP contribution in [0.3, 0.4) is 0 Å². The van der Waals surface area contributed by atoms with Gasteiger partial charge in [-0.05, 0) is 70.8 Å². The molecular formula is C41H29Cl3N2O2. The molecule has 0 fully saturated rings. The number of aromatic nitrogens is 2. The maximum absolute atomic E-state index is 6.96. The highest BCUT2D eigenvalue weighted by molar-refractivity contribution is 6.34. The first-order chi connectivity index (χ1) is 23.5. The van der Waals surface area contributed by atoms with E-state index in [0.29, 0.717) is 32.4 Å². The molecular weight excluding hydrogens is 659 g/mol. The Morgan fingerprint density at radius 2 is 0.979 bits per heavy atom. The Kier molecular flexibility index (Phi) is 8.96. The van der Waals surface area contributed by atoms with Gasteiger partial charge in [0.2, 0.25) is 0 Å². The lowest BCUT2D eigenvalue weighted by atomic mass is 9.86. The number of methoxy groups -OCH3 is 2. The van der Waals surface area contributed by atoms with Crippen LogP contribution in [0.25, 0.3) is 67.3 Å². The highest BCUT2D eigenvalue weighted by atomic mass is 35.5. The predicted octanol–water partition coefficient (Wildman–Crippen LogP) is 12.4. The van der Waals surface area contributed by atoms with Crippen LogP contribution in [0.4, 0.5) is 0 Å². The van der Waals surface area contributed by atoms with Crippen LogP contribution in [-0.2, 0) is 0 Å². The molecule has 0 saturated carbocycles. The van der Waals surface area contributed by atoms with Gasteiger partial charge in [-0.3, -0.25) is 0 Å². The quantitative estimate of drug-likeness (QED) is 0.173. The van der Waals surface area contributed by atoms with Gasteiger partial charge in [-0.25, -0.2) is 4.98 Å². The van der Waals surface area contributed by atoms with Gasteiger partial charge in [0.15, 0.2) is 11.5 Å². The molecule has 0 saturated heterocycles. The number of nitrogens with one attached hydrogen (secondary N) is 1. The van der Waals surface area contributed by atoms with E-state index in [1.807, 2.05) is 109 Å². The molecule has 0 radical (unpaired) electrons. The number of benzene rings is 6. The standard InChI is InChI=1S/C41H29Cl3N2O2/c1-47-37-21-20-26(22-38(37)48-2)30-23-32(28-15-7-10-18-35(28)43)33(24-31(30)27-14-6-9-17-34(27)42)40-39(25-12-4-3-5-13-25)45-41(46-40)29-16-8-11-19-36(29)44/h3-24H,1-2H3,(H,45,46). The summed E-state index contributed by atoms with van der Waals surface area (Å²) in [5, 5.41) is 1.84. The van der Waals surface area contributed by atoms with Crippen molar-refractivity contribution in [2.75, 3.05) is 14.2 Å². The molecule has 4 nitrogen and oxygen atoms in total. The number of hydrogen-bond acceptors (Lipinski definition) is 3. The third-order valence-corrected chi connectivity index (χ3v) is 9.32. The summed E-state index contributed by atoms with van der Waals surface area (Å²) >= 11 is 20.6. The summed E-state index contributed by atoms with van der Waals surface area (Å²) in [5.41, 5.74) is 9.66. The van der Waals surface area contributed by atoms with Crippen LogP contribution in [0.2, 0.25) is 15.1 Å². The molecule has 48 heavy (non-hydrogen) atoms. The normalized spacial score (nSPS) is 11.0. The second-order valence-electron chi connectivity index (χ2n) is 11.1. The largest absolute Gasteiger partial charge is 0.493 e. The van der Waals surface area contributed by atoms with Crippen LogP contribution in [0.5, 0.6) is 11.5 Å². The lowest BCUT2D eigenvalue weighted by Gasteiger charge is -2.20. The summed E-state index contributed by atoms with van der Waals surface area (Å²) in [6.45, 7) is 0. The maximum Gasteiger partial charge on any atom is 0.161 e. The molecule has 0 aliphatic carbocycles. The van der Waals surface area contributed by atoms with E-state index in [4.69, 9.17) is 49.3 Å². The zero-order valence-electron chi connectivity index (χ0n) is 26.1. The molecule has 7 aromatic rings. The lowest BCUT2D eigenvalue weighted by molar-refractivity contribution is 0.355. The minimum atomic E-state index is 0.601. The minimum absolute atomic E-state index is 0.601. The summed E-state index contributed by atoms with van der Waals surface area (Å²) in [5.74, 6) is 1.91. The Morgan fingerprint density at radius 1 is 0.458 bits per heavy atom. The summed E-state index contributed by atoms with van der Waals surface area (Å²) in [6.07, 6.45) is 0. The average Bonchev–Trinajstić information content (AvgIpc) is 3.57. The van der Waals surface area contributed by atoms with Gasteiger partial charge in [-0.1, -0.05) is 120 Å². The zero-order chi connectivity index (χ0) is 33.2. The third-order valence-electron chi connectivity index (χ3n) is 8.33. The van der Waals surface area contributed by atoms with E-state index in [9.17, 15) is 0 Å². The van der Waals surface area contributed by atoms with E-state index in [-0.39, 0.29) is 0 Å². The monoisotopic (exact) mass is 686 g/mol. The Balaban J connectivity index is 1.60. The lowest BCUT2D eigenvalue weighted by Crippen LogP contribution is -1.96. The number of H-pyrrole nitrogens is 1. The molecule has 0 atom stereocenters. The van der Waals surface area contributed by atoms with Gasteiger partial charge in [0.1, 0.15) is 5.82 Å². The minimum Gasteiger partial charge on any atom is -0.493 e. The summed E-state index contributed by atoms with van der Waals surface area (Å²) in [4.78, 5) is 8.87. The second kappa shape index (κ2) is 13.6. The van der Waals surface area contributed by atoms with Crippen LogP contribution in [-0.4, -0.2) is 24.2 Å². The molecule has 0 aliphatic rings. The van der Waals surface area contributed by atoms with Gasteiger partial charge in [0.25, 0.3) is 0 Å². The van der Waals surface area contributed by atoms with Crippen molar-refractivity contribution >= 4 is 34.8 Å². The van der Waals surface area contributed by atoms with Crippen LogP contribution >= 0.6 is 34.8 Å². The van der Waals surface area contributed by atoms with Crippen LogP contribution in [0.1, 0.15) is 0 Å². The fourth-order valence-electron chi connectivity index (χ4n) is 6.01. The van der Waals surface area contributed by atoms with Gasteiger partial charge in [0.05, 0.1) is 30.6 Å². The highest BCUT2D eigenvalue weighted by Crippen LogP contribution is 2.48. The smallest absolute Gasteiger partial charge is 0.161 e. The van der Waals surface area contributed by atoms with E-state index in [1.54, 1.807) is 14.2 Å². The SMILES string of the molecule is COc1ccc(-c2cc(-c3ccccc3Cl)c(-c3nc(-c4ccccc4Cl)[nH]c3-c3ccccc3)cc2-c2ccccc2Cl)cc1OC. The Bertz CT molecular complexity index is 2260. The molecule has 1 N–H and O–H groups in total. The highest BCUT2D eigenvalue weighted by Gasteiger charge is 2.24. The number of rotatable bonds is 8. The summed E-state index contributed by atoms with van der Waals surface area (Å²) in [7, 11) is 3.26. The van der Waals surface area contributed by atoms with Gasteiger partial charge in [-0.2, -0.15) is 0 Å². The number of ether oxygens (including phenoxy) is 2. The van der Waals surface area contributed by atoms with Crippen molar-refractivity contribution in [3.63, 3.8) is 0 Å². The molecule has 6 aromatic carbocycles. The Labute approximate surface area is 294 Å². The molecule has 0 spiro atoms. The Hall–Kier alpha value is -5.00. The van der Waals surface area contributed by atoms with Gasteiger partial charge >= 0.3 is 0 Å². The first-order valence-electron chi connectivity index (χ1n) is 15.3. The molecule has 0 unspecified atom stereocenters. The van der Waals surface area contributed by atoms with E-state index in [1.165, 1.54) is 0 Å². The van der Waals surface area contributed by atoms with Crippen molar-refractivity contribution in [1.82, 2.24) is 9.97 Å². The van der Waals surface area contributed by atoms with Crippen molar-refractivity contribution in [1.29, 1.82) is 0 Å². The third kappa shape index (κ3) is 5.95. The topological polar surface area (TPSA) is 47.1 Å². The molecule has 236 valence electrons. The number of aromatic amines is 1. The second-order valence-corrected chi connectivity index (χ2v) is 12.3. The molecule has 0 bridgehead atoms. The first-order valence-corrected chi connectivity index (χ1v) is 16.4. The number of halogens is 3. The summed E-state index contributed by atoms with van der Waals surface area (Å²) < 4.78 is 11.3. The zero-order valence-corrected chi connectivity index (χ0v) is 28.4. The Morgan fingerprint density at radius 3 is 1.56 bits per heavy atom. The number of hydrogen-bond donors (Lipinski definition) is 1. The molecule has 7 rings (SSSR count). The van der Waals surface area contributed by atoms with Crippen LogP contribution in [0, 0.1) is 0 Å². The van der Waals surface area contributed by atoms with Crippen LogP contribution < -0.4 is 9.47 Å². The number of imidazole rings is 1. The van der Waals surface area contributed by atoms with Crippen molar-refractivity contribution in [2.45, 2.75) is 0 Å². The maximum atomic E-state index is 6.96. The van der Waals surface area contributed by atoms with E-state index >= 15 is 0 Å². The van der Waals surface area contributed by atoms with Gasteiger partial charge in [0, 0.05) is 37.9 Å². The van der Waals surface area contributed by atoms with Crippen LogP contribution in [0.15, 0.2) is 133 Å². The molecule has 1 aromatic heterocycles. The van der Waals surface area contributed by atoms with Crippen molar-refractivity contribution in [2.24, 2.45) is 0 Å².